The number of hydrogen-bond acceptors (Lipinski definition) is 3. The van der Waals surface area contributed by atoms with E-state index in [0.717, 1.165) is 25.8 Å². The van der Waals surface area contributed by atoms with E-state index in [2.05, 4.69) is 24.3 Å². The summed E-state index contributed by atoms with van der Waals surface area (Å²) in [5, 5.41) is 15.5. The zero-order valence-electron chi connectivity index (χ0n) is 13.7. The number of nitrogens with two attached hydrogens (primary N) is 1. The van der Waals surface area contributed by atoms with Crippen molar-refractivity contribution < 1.29 is 5.21 Å². The van der Waals surface area contributed by atoms with Gasteiger partial charge in [0.2, 0.25) is 0 Å². The van der Waals surface area contributed by atoms with Gasteiger partial charge in [0.05, 0.1) is 0 Å². The highest BCUT2D eigenvalue weighted by Crippen LogP contribution is 2.35. The molecule has 1 aliphatic rings. The molecule has 0 amide bonds. The van der Waals surface area contributed by atoms with Crippen LogP contribution in [-0.2, 0) is 0 Å². The Bertz CT molecular complexity index is 314. The molecule has 4 nitrogen and oxygen atoms in total. The molecule has 4 N–H and O–H groups in total. The van der Waals surface area contributed by atoms with Crippen molar-refractivity contribution in [2.45, 2.75) is 78.7 Å². The predicted molar refractivity (Wildman–Crippen MR) is 85.1 cm³/mol. The quantitative estimate of drug-likeness (QED) is 0.220. The minimum atomic E-state index is -0.205. The molecule has 0 aromatic heterocycles. The highest BCUT2D eigenvalue weighted by molar-refractivity contribution is 5.85. The molecular weight excluding hydrogens is 250 g/mol. The van der Waals surface area contributed by atoms with Crippen LogP contribution in [0.5, 0.6) is 0 Å². The summed E-state index contributed by atoms with van der Waals surface area (Å²) in [4.78, 5) is 0. The number of unbranched alkanes of at least 4 members (excludes halogenated alkanes) is 1. The molecule has 0 aliphatic heterocycles. The lowest BCUT2D eigenvalue weighted by Crippen LogP contribution is -2.36. The molecule has 0 atom stereocenters. The van der Waals surface area contributed by atoms with Gasteiger partial charge in [-0.1, -0.05) is 39.3 Å². The van der Waals surface area contributed by atoms with Gasteiger partial charge in [-0.25, -0.2) is 0 Å². The molecular formula is C16H33N3O. The first-order valence-electron chi connectivity index (χ1n) is 7.98. The Morgan fingerprint density at radius 1 is 1.30 bits per heavy atom. The molecule has 0 bridgehead atoms. The van der Waals surface area contributed by atoms with Crippen LogP contribution >= 0.6 is 0 Å². The summed E-state index contributed by atoms with van der Waals surface area (Å²) in [6.07, 6.45) is 8.51. The van der Waals surface area contributed by atoms with Crippen LogP contribution in [-0.4, -0.2) is 23.6 Å². The molecule has 118 valence electrons. The maximum absolute atomic E-state index is 8.74. The molecule has 0 aromatic carbocycles. The standard InChI is InChI=1S/C16H33N3O/c1-15(2)10-7-13(8-11-15)18-12-6-5-9-16(3,4)14(17)19-20/h13,18,20H,5-12H2,1-4H3,(H2,17,19). The van der Waals surface area contributed by atoms with Crippen LogP contribution < -0.4 is 11.1 Å². The SMILES string of the molecule is CC1(C)CCC(NCCCCC(C)(C)C(N)=NO)CC1. The molecule has 1 fully saturated rings. The second kappa shape index (κ2) is 7.30. The Morgan fingerprint density at radius 3 is 2.45 bits per heavy atom. The second-order valence-corrected chi connectivity index (χ2v) is 7.72. The molecule has 0 unspecified atom stereocenters. The lowest BCUT2D eigenvalue weighted by atomic mass is 9.75. The Morgan fingerprint density at radius 2 is 1.90 bits per heavy atom. The largest absolute Gasteiger partial charge is 0.409 e. The Labute approximate surface area is 124 Å². The highest BCUT2D eigenvalue weighted by Gasteiger charge is 2.26. The highest BCUT2D eigenvalue weighted by atomic mass is 16.4. The van der Waals surface area contributed by atoms with Gasteiger partial charge in [0, 0.05) is 11.5 Å². The van der Waals surface area contributed by atoms with Gasteiger partial charge in [-0.2, -0.15) is 0 Å². The predicted octanol–water partition coefficient (Wildman–Crippen LogP) is 3.49. The van der Waals surface area contributed by atoms with E-state index in [4.69, 9.17) is 10.9 Å². The van der Waals surface area contributed by atoms with E-state index >= 15 is 0 Å². The van der Waals surface area contributed by atoms with Gasteiger partial charge in [0.15, 0.2) is 0 Å². The fourth-order valence-corrected chi connectivity index (χ4v) is 2.86. The van der Waals surface area contributed by atoms with Crippen molar-refractivity contribution in [2.24, 2.45) is 21.7 Å². The zero-order chi connectivity index (χ0) is 15.2. The van der Waals surface area contributed by atoms with Crippen molar-refractivity contribution in [2.75, 3.05) is 6.54 Å². The van der Waals surface area contributed by atoms with Gasteiger partial charge in [0.1, 0.15) is 5.84 Å². The monoisotopic (exact) mass is 283 g/mol. The summed E-state index contributed by atoms with van der Waals surface area (Å²) in [6, 6.07) is 0.708. The maximum Gasteiger partial charge on any atom is 0.144 e. The zero-order valence-corrected chi connectivity index (χ0v) is 13.7. The van der Waals surface area contributed by atoms with E-state index < -0.39 is 0 Å². The van der Waals surface area contributed by atoms with E-state index in [1.54, 1.807) is 0 Å². The molecule has 4 heteroatoms. The number of rotatable bonds is 7. The first kappa shape index (κ1) is 17.3. The second-order valence-electron chi connectivity index (χ2n) is 7.72. The first-order valence-corrected chi connectivity index (χ1v) is 7.98. The third-order valence-electron chi connectivity index (χ3n) is 4.80. The molecule has 0 saturated heterocycles. The van der Waals surface area contributed by atoms with Gasteiger partial charge < -0.3 is 16.3 Å². The lowest BCUT2D eigenvalue weighted by Gasteiger charge is -2.34. The van der Waals surface area contributed by atoms with Crippen LogP contribution in [0, 0.1) is 10.8 Å². The van der Waals surface area contributed by atoms with Crippen LogP contribution in [0.15, 0.2) is 5.16 Å². The Hall–Kier alpha value is -0.770. The van der Waals surface area contributed by atoms with Gasteiger partial charge in [-0.05, 0) is 50.5 Å². The van der Waals surface area contributed by atoms with Crippen molar-refractivity contribution in [3.8, 4) is 0 Å². The number of nitrogens with one attached hydrogen (secondary N) is 1. The molecule has 1 aliphatic carbocycles. The maximum atomic E-state index is 8.74. The van der Waals surface area contributed by atoms with Crippen molar-refractivity contribution in [1.29, 1.82) is 0 Å². The minimum absolute atomic E-state index is 0.205. The summed E-state index contributed by atoms with van der Waals surface area (Å²) < 4.78 is 0. The minimum Gasteiger partial charge on any atom is -0.409 e. The first-order chi connectivity index (χ1) is 9.27. The van der Waals surface area contributed by atoms with E-state index in [-0.39, 0.29) is 5.41 Å². The molecule has 0 spiro atoms. The Balaban J connectivity index is 2.11. The van der Waals surface area contributed by atoms with Crippen molar-refractivity contribution in [3.63, 3.8) is 0 Å². The molecule has 0 radical (unpaired) electrons. The van der Waals surface area contributed by atoms with Crippen molar-refractivity contribution in [3.05, 3.63) is 0 Å². The summed E-state index contributed by atoms with van der Waals surface area (Å²) in [6.45, 7) is 9.88. The molecule has 0 aromatic rings. The molecule has 1 saturated carbocycles. The summed E-state index contributed by atoms with van der Waals surface area (Å²) in [5.74, 6) is 0.333. The van der Waals surface area contributed by atoms with E-state index in [0.29, 0.717) is 17.3 Å². The number of nitrogens with zero attached hydrogens (tertiary/aromatic N) is 1. The fourth-order valence-electron chi connectivity index (χ4n) is 2.86. The molecule has 1 rings (SSSR count). The van der Waals surface area contributed by atoms with E-state index in [1.165, 1.54) is 25.7 Å². The van der Waals surface area contributed by atoms with Crippen molar-refractivity contribution >= 4 is 5.84 Å². The third kappa shape index (κ3) is 5.70. The third-order valence-corrected chi connectivity index (χ3v) is 4.80. The van der Waals surface area contributed by atoms with Gasteiger partial charge in [-0.15, -0.1) is 0 Å². The Kier molecular flexibility index (Phi) is 6.31. The fraction of sp³-hybridized carbons (Fsp3) is 0.938. The van der Waals surface area contributed by atoms with Gasteiger partial charge in [-0.3, -0.25) is 0 Å². The molecule has 0 heterocycles. The number of hydrogen-bond donors (Lipinski definition) is 3. The molecule has 20 heavy (non-hydrogen) atoms. The van der Waals surface area contributed by atoms with E-state index in [1.807, 2.05) is 13.8 Å². The normalized spacial score (nSPS) is 21.1. The van der Waals surface area contributed by atoms with Crippen LogP contribution in [0.4, 0.5) is 0 Å². The van der Waals surface area contributed by atoms with Crippen molar-refractivity contribution in [1.82, 2.24) is 5.32 Å². The smallest absolute Gasteiger partial charge is 0.144 e. The van der Waals surface area contributed by atoms with E-state index in [9.17, 15) is 0 Å². The summed E-state index contributed by atoms with van der Waals surface area (Å²) in [5.41, 5.74) is 6.03. The average molecular weight is 283 g/mol. The lowest BCUT2D eigenvalue weighted by molar-refractivity contribution is 0.206. The van der Waals surface area contributed by atoms with Gasteiger partial charge >= 0.3 is 0 Å². The topological polar surface area (TPSA) is 70.6 Å². The summed E-state index contributed by atoms with van der Waals surface area (Å²) >= 11 is 0. The summed E-state index contributed by atoms with van der Waals surface area (Å²) in [7, 11) is 0. The van der Waals surface area contributed by atoms with Gasteiger partial charge in [0.25, 0.3) is 0 Å². The number of oxime groups is 1. The number of amidine groups is 1. The average Bonchev–Trinajstić information content (AvgIpc) is 2.39. The van der Waals surface area contributed by atoms with Crippen LogP contribution in [0.1, 0.15) is 72.6 Å². The van der Waals surface area contributed by atoms with Crippen LogP contribution in [0.3, 0.4) is 0 Å². The van der Waals surface area contributed by atoms with Crippen LogP contribution in [0.25, 0.3) is 0 Å². The van der Waals surface area contributed by atoms with Crippen LogP contribution in [0.2, 0.25) is 0 Å².